The van der Waals surface area contributed by atoms with Gasteiger partial charge in [0.1, 0.15) is 0 Å². The van der Waals surface area contributed by atoms with Crippen molar-refractivity contribution in [3.8, 4) is 0 Å². The maximum Gasteiger partial charge on any atom is 0.274 e. The summed E-state index contributed by atoms with van der Waals surface area (Å²) in [5.41, 5.74) is 1.73. The van der Waals surface area contributed by atoms with Crippen molar-refractivity contribution in [3.05, 3.63) is 53.3 Å². The van der Waals surface area contributed by atoms with Gasteiger partial charge in [-0.2, -0.15) is 5.10 Å². The summed E-state index contributed by atoms with van der Waals surface area (Å²) in [5, 5.41) is 4.32. The minimum Gasteiger partial charge on any atom is -0.351 e. The first-order valence-corrected chi connectivity index (χ1v) is 9.34. The highest BCUT2D eigenvalue weighted by molar-refractivity contribution is 5.94. The molecule has 0 aliphatic carbocycles. The average molecular weight is 366 g/mol. The van der Waals surface area contributed by atoms with E-state index in [2.05, 4.69) is 5.10 Å². The van der Waals surface area contributed by atoms with Crippen LogP contribution in [0.1, 0.15) is 40.6 Å². The van der Waals surface area contributed by atoms with Gasteiger partial charge in [-0.25, -0.2) is 0 Å². The second-order valence-electron chi connectivity index (χ2n) is 7.61. The Morgan fingerprint density at radius 3 is 2.78 bits per heavy atom. The molecule has 7 nitrogen and oxygen atoms in total. The molecule has 0 bridgehead atoms. The molecule has 1 spiro atoms. The Balaban J connectivity index is 1.46. The van der Waals surface area contributed by atoms with E-state index in [0.29, 0.717) is 31.7 Å². The van der Waals surface area contributed by atoms with Crippen molar-refractivity contribution in [3.63, 3.8) is 0 Å². The smallest absolute Gasteiger partial charge is 0.274 e. The first kappa shape index (κ1) is 16.5. The van der Waals surface area contributed by atoms with E-state index in [1.807, 2.05) is 49.2 Å². The summed E-state index contributed by atoms with van der Waals surface area (Å²) < 4.78 is 7.95. The van der Waals surface area contributed by atoms with Crippen LogP contribution in [0.5, 0.6) is 0 Å². The normalized spacial score (nSPS) is 29.3. The first-order chi connectivity index (χ1) is 13.0. The molecule has 3 fully saturated rings. The minimum atomic E-state index is -0.697. The van der Waals surface area contributed by atoms with Crippen molar-refractivity contribution in [2.45, 2.75) is 37.6 Å². The van der Waals surface area contributed by atoms with Crippen LogP contribution in [0.15, 0.2) is 36.4 Å². The van der Waals surface area contributed by atoms with E-state index in [1.54, 1.807) is 15.6 Å². The fourth-order valence-electron chi connectivity index (χ4n) is 4.82. The van der Waals surface area contributed by atoms with Crippen LogP contribution >= 0.6 is 0 Å². The van der Waals surface area contributed by atoms with Gasteiger partial charge in [0, 0.05) is 25.7 Å². The van der Waals surface area contributed by atoms with Gasteiger partial charge in [0.15, 0.2) is 11.4 Å². The van der Waals surface area contributed by atoms with Crippen molar-refractivity contribution in [2.75, 3.05) is 13.2 Å². The lowest BCUT2D eigenvalue weighted by Gasteiger charge is -2.33. The van der Waals surface area contributed by atoms with Gasteiger partial charge in [-0.1, -0.05) is 30.3 Å². The Kier molecular flexibility index (Phi) is 3.46. The van der Waals surface area contributed by atoms with E-state index in [1.165, 1.54) is 0 Å². The van der Waals surface area contributed by atoms with Gasteiger partial charge in [-0.3, -0.25) is 14.3 Å². The summed E-state index contributed by atoms with van der Waals surface area (Å²) in [4.78, 5) is 29.6. The Morgan fingerprint density at radius 2 is 2.07 bits per heavy atom. The van der Waals surface area contributed by atoms with Crippen molar-refractivity contribution in [1.29, 1.82) is 0 Å². The van der Waals surface area contributed by atoms with Crippen molar-refractivity contribution in [2.24, 2.45) is 7.05 Å². The van der Waals surface area contributed by atoms with E-state index < -0.39 is 5.72 Å². The largest absolute Gasteiger partial charge is 0.351 e. The third-order valence-corrected chi connectivity index (χ3v) is 6.23. The molecule has 2 aromatic rings. The molecule has 2 amide bonds. The number of carbonyl (C=O) groups is 2. The van der Waals surface area contributed by atoms with Crippen LogP contribution in [-0.2, 0) is 16.6 Å². The Bertz CT molecular complexity index is 905. The third-order valence-electron chi connectivity index (χ3n) is 6.23. The summed E-state index contributed by atoms with van der Waals surface area (Å²) in [6.45, 7) is 2.96. The molecular formula is C20H22N4O3. The van der Waals surface area contributed by atoms with Crippen molar-refractivity contribution >= 4 is 11.8 Å². The molecule has 1 aromatic carbocycles. The van der Waals surface area contributed by atoms with E-state index in [-0.39, 0.29) is 23.9 Å². The molecular weight excluding hydrogens is 344 g/mol. The lowest BCUT2D eigenvalue weighted by molar-refractivity contribution is -0.138. The number of benzene rings is 1. The number of hydrogen-bond acceptors (Lipinski definition) is 4. The summed E-state index contributed by atoms with van der Waals surface area (Å²) in [7, 11) is 1.82. The molecule has 7 heteroatoms. The number of hydrogen-bond donors (Lipinski definition) is 0. The lowest BCUT2D eigenvalue weighted by atomic mass is 10.0. The van der Waals surface area contributed by atoms with Gasteiger partial charge < -0.3 is 14.5 Å². The monoisotopic (exact) mass is 366 g/mol. The summed E-state index contributed by atoms with van der Waals surface area (Å²) in [6, 6.07) is 11.4. The number of aryl methyl sites for hydroxylation is 2. The van der Waals surface area contributed by atoms with Gasteiger partial charge in [-0.15, -0.1) is 0 Å². The molecule has 140 valence electrons. The highest BCUT2D eigenvalue weighted by atomic mass is 16.5. The highest BCUT2D eigenvalue weighted by Crippen LogP contribution is 2.51. The molecule has 5 rings (SSSR count). The topological polar surface area (TPSA) is 67.7 Å². The van der Waals surface area contributed by atoms with Crippen LogP contribution < -0.4 is 0 Å². The van der Waals surface area contributed by atoms with Crippen LogP contribution in [0.4, 0.5) is 0 Å². The molecule has 3 atom stereocenters. The van der Waals surface area contributed by atoms with Crippen LogP contribution in [0.2, 0.25) is 0 Å². The number of ether oxygens (including phenoxy) is 1. The van der Waals surface area contributed by atoms with Crippen LogP contribution in [0.25, 0.3) is 0 Å². The van der Waals surface area contributed by atoms with Gasteiger partial charge in [-0.05, 0) is 18.6 Å². The second kappa shape index (κ2) is 5.66. The van der Waals surface area contributed by atoms with Crippen molar-refractivity contribution in [1.82, 2.24) is 19.6 Å². The fraction of sp³-hybridized carbons (Fsp3) is 0.450. The molecule has 0 radical (unpaired) electrons. The average Bonchev–Trinajstić information content (AvgIpc) is 3.37. The maximum absolute atomic E-state index is 13.1. The van der Waals surface area contributed by atoms with Crippen LogP contribution in [-0.4, -0.2) is 56.3 Å². The Labute approximate surface area is 157 Å². The summed E-state index contributed by atoms with van der Waals surface area (Å²) in [5.74, 6) is -0.0666. The maximum atomic E-state index is 13.1. The van der Waals surface area contributed by atoms with E-state index >= 15 is 0 Å². The zero-order chi connectivity index (χ0) is 18.8. The number of amides is 2. The molecule has 0 unspecified atom stereocenters. The Morgan fingerprint density at radius 1 is 1.30 bits per heavy atom. The molecule has 27 heavy (non-hydrogen) atoms. The van der Waals surface area contributed by atoms with Gasteiger partial charge in [0.2, 0.25) is 5.91 Å². The number of aromatic nitrogens is 2. The Hall–Kier alpha value is -2.67. The quantitative estimate of drug-likeness (QED) is 0.810. The number of rotatable bonds is 2. The standard InChI is InChI=1S/C20H22N4O3/c1-13-10-15(21-22(13)2)19(26)23-9-8-20-17(23)11-18(25)24(20)16(12-27-20)14-6-4-3-5-7-14/h3-7,10,16-17H,8-9,11-12H2,1-2H3/t16-,17+,20-/m0/s1. The first-order valence-electron chi connectivity index (χ1n) is 9.34. The fourth-order valence-corrected chi connectivity index (χ4v) is 4.82. The SMILES string of the molecule is Cc1cc(C(=O)N2CC[C@@]34OC[C@@H](c5ccccc5)N3C(=O)C[C@@H]24)nn1C. The lowest BCUT2D eigenvalue weighted by Crippen LogP contribution is -2.49. The van der Waals surface area contributed by atoms with Crippen LogP contribution in [0.3, 0.4) is 0 Å². The van der Waals surface area contributed by atoms with Crippen LogP contribution in [0, 0.1) is 6.92 Å². The van der Waals surface area contributed by atoms with E-state index in [0.717, 1.165) is 11.3 Å². The summed E-state index contributed by atoms with van der Waals surface area (Å²) in [6.07, 6.45) is 0.950. The molecule has 0 N–H and O–H groups in total. The van der Waals surface area contributed by atoms with E-state index in [9.17, 15) is 9.59 Å². The number of carbonyl (C=O) groups excluding carboxylic acids is 2. The second-order valence-corrected chi connectivity index (χ2v) is 7.61. The zero-order valence-corrected chi connectivity index (χ0v) is 15.5. The molecule has 3 aliphatic heterocycles. The predicted octanol–water partition coefficient (Wildman–Crippen LogP) is 1.64. The number of likely N-dealkylation sites (tertiary alicyclic amines) is 1. The zero-order valence-electron chi connectivity index (χ0n) is 15.5. The molecule has 3 aliphatic rings. The third kappa shape index (κ3) is 2.21. The summed E-state index contributed by atoms with van der Waals surface area (Å²) >= 11 is 0. The molecule has 3 saturated heterocycles. The number of nitrogens with zero attached hydrogens (tertiary/aromatic N) is 4. The molecule has 4 heterocycles. The predicted molar refractivity (Wildman–Crippen MR) is 96.7 cm³/mol. The minimum absolute atomic E-state index is 0.0565. The molecule has 0 saturated carbocycles. The van der Waals surface area contributed by atoms with E-state index in [4.69, 9.17) is 4.74 Å². The van der Waals surface area contributed by atoms with Crippen molar-refractivity contribution < 1.29 is 14.3 Å². The molecule has 1 aromatic heterocycles. The van der Waals surface area contributed by atoms with Gasteiger partial charge >= 0.3 is 0 Å². The van der Waals surface area contributed by atoms with Gasteiger partial charge in [0.25, 0.3) is 5.91 Å². The highest BCUT2D eigenvalue weighted by Gasteiger charge is 2.65. The van der Waals surface area contributed by atoms with Gasteiger partial charge in [0.05, 0.1) is 25.1 Å².